The van der Waals surface area contributed by atoms with E-state index in [2.05, 4.69) is 21.0 Å². The summed E-state index contributed by atoms with van der Waals surface area (Å²) in [6, 6.07) is 12.7. The van der Waals surface area contributed by atoms with Crippen molar-refractivity contribution in [3.8, 4) is 0 Å². The number of nitrogens with zero attached hydrogens (tertiary/aromatic N) is 4. The van der Waals surface area contributed by atoms with Gasteiger partial charge < -0.3 is 0 Å². The highest BCUT2D eigenvalue weighted by Crippen LogP contribution is 2.14. The lowest BCUT2D eigenvalue weighted by molar-refractivity contribution is 0.240. The summed E-state index contributed by atoms with van der Waals surface area (Å²) >= 11 is 0. The first-order chi connectivity index (χ1) is 11.2. The molecule has 2 aromatic heterocycles. The van der Waals surface area contributed by atoms with Gasteiger partial charge in [0, 0.05) is 45.3 Å². The average Bonchev–Trinajstić information content (AvgIpc) is 2.96. The van der Waals surface area contributed by atoms with Gasteiger partial charge in [0.05, 0.1) is 5.69 Å². The number of hydrogen-bond acceptors (Lipinski definition) is 3. The molecule has 0 radical (unpaired) electrons. The molecular weight excluding hydrogens is 291 g/mol. The van der Waals surface area contributed by atoms with Crippen molar-refractivity contribution in [1.82, 2.24) is 19.7 Å². The van der Waals surface area contributed by atoms with E-state index in [1.807, 2.05) is 42.2 Å². The Hall–Kier alpha value is -2.53. The molecular formula is C18H19FN4. The molecule has 0 N–H and O–H groups in total. The first kappa shape index (κ1) is 15.4. The third-order valence-corrected chi connectivity index (χ3v) is 3.76. The number of benzene rings is 1. The fourth-order valence-corrected chi connectivity index (χ4v) is 2.55. The van der Waals surface area contributed by atoms with Crippen LogP contribution in [0, 0.1) is 5.82 Å². The van der Waals surface area contributed by atoms with Crippen LogP contribution >= 0.6 is 0 Å². The van der Waals surface area contributed by atoms with Gasteiger partial charge in [0.1, 0.15) is 5.82 Å². The molecule has 0 aliphatic heterocycles. The van der Waals surface area contributed by atoms with E-state index in [0.717, 1.165) is 36.5 Å². The predicted octanol–water partition coefficient (Wildman–Crippen LogP) is 3.16. The Balaban J connectivity index is 1.77. The molecule has 0 saturated carbocycles. The number of aromatic nitrogens is 3. The highest BCUT2D eigenvalue weighted by molar-refractivity contribution is 5.17. The van der Waals surface area contributed by atoms with E-state index in [9.17, 15) is 4.39 Å². The maximum atomic E-state index is 13.1. The second-order valence-electron chi connectivity index (χ2n) is 5.58. The summed E-state index contributed by atoms with van der Waals surface area (Å²) in [7, 11) is 1.94. The zero-order valence-electron chi connectivity index (χ0n) is 13.1. The third kappa shape index (κ3) is 4.23. The minimum atomic E-state index is -0.209. The maximum absolute atomic E-state index is 13.1. The Morgan fingerprint density at radius 1 is 0.957 bits per heavy atom. The van der Waals surface area contributed by atoms with Gasteiger partial charge in [-0.15, -0.1) is 0 Å². The van der Waals surface area contributed by atoms with Crippen molar-refractivity contribution < 1.29 is 4.39 Å². The van der Waals surface area contributed by atoms with Gasteiger partial charge in [0.2, 0.25) is 0 Å². The molecule has 3 rings (SSSR count). The van der Waals surface area contributed by atoms with Crippen molar-refractivity contribution in [1.29, 1.82) is 0 Å². The summed E-state index contributed by atoms with van der Waals surface area (Å²) in [5.74, 6) is -0.209. The minimum Gasteiger partial charge on any atom is -0.289 e. The standard InChI is InChI=1S/C18H19FN4/c1-22-18(8-10-21-22)14-23(13-16-3-2-9-20-11-16)12-15-4-6-17(19)7-5-15/h2-11H,12-14H2,1H3. The van der Waals surface area contributed by atoms with E-state index in [0.29, 0.717) is 0 Å². The van der Waals surface area contributed by atoms with E-state index < -0.39 is 0 Å². The molecule has 0 aliphatic rings. The van der Waals surface area contributed by atoms with Crippen LogP contribution in [-0.4, -0.2) is 19.7 Å². The van der Waals surface area contributed by atoms with E-state index in [1.54, 1.807) is 12.4 Å². The number of aryl methyl sites for hydroxylation is 1. The smallest absolute Gasteiger partial charge is 0.123 e. The molecule has 3 aromatic rings. The van der Waals surface area contributed by atoms with Crippen LogP contribution in [0.15, 0.2) is 61.1 Å². The summed E-state index contributed by atoms with van der Waals surface area (Å²) in [5.41, 5.74) is 3.37. The Kier molecular flexibility index (Phi) is 4.78. The minimum absolute atomic E-state index is 0.209. The molecule has 0 amide bonds. The van der Waals surface area contributed by atoms with E-state index in [4.69, 9.17) is 0 Å². The van der Waals surface area contributed by atoms with Crippen molar-refractivity contribution in [2.45, 2.75) is 19.6 Å². The van der Waals surface area contributed by atoms with Gasteiger partial charge in [-0.05, 0) is 35.4 Å². The second-order valence-corrected chi connectivity index (χ2v) is 5.58. The van der Waals surface area contributed by atoms with Gasteiger partial charge in [-0.2, -0.15) is 5.10 Å². The van der Waals surface area contributed by atoms with Crippen molar-refractivity contribution in [3.63, 3.8) is 0 Å². The van der Waals surface area contributed by atoms with Crippen LogP contribution in [0.25, 0.3) is 0 Å². The lowest BCUT2D eigenvalue weighted by Gasteiger charge is -2.22. The van der Waals surface area contributed by atoms with Crippen LogP contribution in [0.3, 0.4) is 0 Å². The van der Waals surface area contributed by atoms with Crippen molar-refractivity contribution in [2.24, 2.45) is 7.05 Å². The normalized spacial score (nSPS) is 11.1. The summed E-state index contributed by atoms with van der Waals surface area (Å²) in [4.78, 5) is 6.47. The number of pyridine rings is 1. The Labute approximate surface area is 135 Å². The molecule has 5 heteroatoms. The molecule has 23 heavy (non-hydrogen) atoms. The monoisotopic (exact) mass is 310 g/mol. The Morgan fingerprint density at radius 2 is 1.74 bits per heavy atom. The quantitative estimate of drug-likeness (QED) is 0.701. The number of rotatable bonds is 6. The fourth-order valence-electron chi connectivity index (χ4n) is 2.55. The molecule has 4 nitrogen and oxygen atoms in total. The Bertz CT molecular complexity index is 737. The highest BCUT2D eigenvalue weighted by Gasteiger charge is 2.11. The van der Waals surface area contributed by atoms with Gasteiger partial charge in [-0.3, -0.25) is 14.6 Å². The molecule has 0 saturated heterocycles. The van der Waals surface area contributed by atoms with Crippen LogP contribution in [0.5, 0.6) is 0 Å². The molecule has 118 valence electrons. The predicted molar refractivity (Wildman–Crippen MR) is 86.8 cm³/mol. The van der Waals surface area contributed by atoms with Crippen molar-refractivity contribution >= 4 is 0 Å². The second kappa shape index (κ2) is 7.15. The molecule has 0 unspecified atom stereocenters. The van der Waals surface area contributed by atoms with Gasteiger partial charge >= 0.3 is 0 Å². The topological polar surface area (TPSA) is 34.0 Å². The summed E-state index contributed by atoms with van der Waals surface area (Å²) < 4.78 is 15.0. The Morgan fingerprint density at radius 3 is 2.39 bits per heavy atom. The summed E-state index contributed by atoms with van der Waals surface area (Å²) in [6.45, 7) is 2.28. The van der Waals surface area contributed by atoms with E-state index >= 15 is 0 Å². The van der Waals surface area contributed by atoms with Gasteiger partial charge in [0.15, 0.2) is 0 Å². The van der Waals surface area contributed by atoms with E-state index in [1.165, 1.54) is 12.1 Å². The zero-order valence-corrected chi connectivity index (χ0v) is 13.1. The first-order valence-corrected chi connectivity index (χ1v) is 7.53. The van der Waals surface area contributed by atoms with Crippen LogP contribution in [0.1, 0.15) is 16.8 Å². The van der Waals surface area contributed by atoms with Gasteiger partial charge in [0.25, 0.3) is 0 Å². The van der Waals surface area contributed by atoms with Crippen LogP contribution in [0.4, 0.5) is 4.39 Å². The molecule has 0 bridgehead atoms. The van der Waals surface area contributed by atoms with Crippen LogP contribution < -0.4 is 0 Å². The maximum Gasteiger partial charge on any atom is 0.123 e. The number of halogens is 1. The van der Waals surface area contributed by atoms with Gasteiger partial charge in [-0.25, -0.2) is 4.39 Å². The lowest BCUT2D eigenvalue weighted by atomic mass is 10.2. The van der Waals surface area contributed by atoms with Crippen LogP contribution in [-0.2, 0) is 26.7 Å². The molecule has 2 heterocycles. The zero-order chi connectivity index (χ0) is 16.1. The van der Waals surface area contributed by atoms with Gasteiger partial charge in [-0.1, -0.05) is 18.2 Å². The third-order valence-electron chi connectivity index (χ3n) is 3.76. The first-order valence-electron chi connectivity index (χ1n) is 7.53. The molecule has 0 atom stereocenters. The summed E-state index contributed by atoms with van der Waals surface area (Å²) in [5, 5.41) is 4.22. The average molecular weight is 310 g/mol. The molecule has 0 spiro atoms. The van der Waals surface area contributed by atoms with E-state index in [-0.39, 0.29) is 5.82 Å². The van der Waals surface area contributed by atoms with Crippen molar-refractivity contribution in [2.75, 3.05) is 0 Å². The summed E-state index contributed by atoms with van der Waals surface area (Å²) in [6.07, 6.45) is 5.45. The largest absolute Gasteiger partial charge is 0.289 e. The molecule has 0 fully saturated rings. The number of hydrogen-bond donors (Lipinski definition) is 0. The molecule has 1 aromatic carbocycles. The molecule has 0 aliphatic carbocycles. The SMILES string of the molecule is Cn1nccc1CN(Cc1ccc(F)cc1)Cc1cccnc1. The lowest BCUT2D eigenvalue weighted by Crippen LogP contribution is -2.23. The highest BCUT2D eigenvalue weighted by atomic mass is 19.1. The fraction of sp³-hybridized carbons (Fsp3) is 0.222. The van der Waals surface area contributed by atoms with Crippen molar-refractivity contribution in [3.05, 3.63) is 83.7 Å². The van der Waals surface area contributed by atoms with Crippen LogP contribution in [0.2, 0.25) is 0 Å².